The number of nitrogens with two attached hydrogens (primary N) is 1. The zero-order valence-corrected chi connectivity index (χ0v) is 16.4. The fourth-order valence-electron chi connectivity index (χ4n) is 4.71. The van der Waals surface area contributed by atoms with Gasteiger partial charge in [-0.15, -0.1) is 0 Å². The molecule has 2 atom stereocenters. The summed E-state index contributed by atoms with van der Waals surface area (Å²) >= 11 is 0.991. The zero-order valence-electron chi connectivity index (χ0n) is 15.6. The first kappa shape index (κ1) is 20.5. The molecule has 1 aromatic heterocycles. The molecule has 1 aromatic rings. The Balaban J connectivity index is 1.74. The maximum Gasteiger partial charge on any atom is 0.248 e. The summed E-state index contributed by atoms with van der Waals surface area (Å²) in [4.78, 5) is 17.0. The minimum Gasteiger partial charge on any atom is -0.326 e. The van der Waals surface area contributed by atoms with Gasteiger partial charge in [0.15, 0.2) is 0 Å². The van der Waals surface area contributed by atoms with E-state index in [1.165, 1.54) is 19.3 Å². The Kier molecular flexibility index (Phi) is 7.09. The number of amides is 1. The Labute approximate surface area is 164 Å². The van der Waals surface area contributed by atoms with E-state index in [2.05, 4.69) is 10.3 Å². The highest BCUT2D eigenvalue weighted by molar-refractivity contribution is 7.97. The van der Waals surface area contributed by atoms with Crippen molar-refractivity contribution >= 4 is 23.5 Å². The van der Waals surface area contributed by atoms with Gasteiger partial charge in [0.05, 0.1) is 0 Å². The molecule has 0 spiro atoms. The maximum atomic E-state index is 14.1. The molecular weight excluding hydrogens is 368 g/mol. The summed E-state index contributed by atoms with van der Waals surface area (Å²) in [5.74, 6) is -3.25. The molecule has 2 aliphatic carbocycles. The molecule has 2 unspecified atom stereocenters. The minimum absolute atomic E-state index is 0.0490. The molecule has 4 nitrogen and oxygen atoms in total. The first-order chi connectivity index (χ1) is 13.0. The van der Waals surface area contributed by atoms with Crippen LogP contribution in [0, 0.1) is 17.8 Å². The van der Waals surface area contributed by atoms with Crippen molar-refractivity contribution in [2.24, 2.45) is 22.9 Å². The highest BCUT2D eigenvalue weighted by atomic mass is 32.2. The van der Waals surface area contributed by atoms with Crippen molar-refractivity contribution in [1.29, 1.82) is 0 Å². The molecule has 3 N–H and O–H groups in total. The van der Waals surface area contributed by atoms with E-state index in [0.717, 1.165) is 37.6 Å². The predicted octanol–water partition coefficient (Wildman–Crippen LogP) is 5.40. The van der Waals surface area contributed by atoms with Gasteiger partial charge in [0.25, 0.3) is 0 Å². The summed E-state index contributed by atoms with van der Waals surface area (Å²) in [6, 6.07) is 3.35. The molecule has 1 heterocycles. The van der Waals surface area contributed by atoms with E-state index in [9.17, 15) is 13.6 Å². The lowest BCUT2D eigenvalue weighted by molar-refractivity contribution is -0.134. The largest absolute Gasteiger partial charge is 0.326 e. The van der Waals surface area contributed by atoms with Crippen molar-refractivity contribution in [2.75, 3.05) is 5.32 Å². The minimum atomic E-state index is -2.75. The van der Waals surface area contributed by atoms with Crippen LogP contribution in [0.1, 0.15) is 64.2 Å². The van der Waals surface area contributed by atoms with Gasteiger partial charge in [-0.3, -0.25) is 9.93 Å². The van der Waals surface area contributed by atoms with Gasteiger partial charge in [-0.2, -0.15) is 0 Å². The van der Waals surface area contributed by atoms with Crippen LogP contribution in [-0.2, 0) is 4.79 Å². The summed E-state index contributed by atoms with van der Waals surface area (Å²) < 4.78 is 28.3. The Morgan fingerprint density at radius 3 is 2.59 bits per heavy atom. The number of anilines is 1. The van der Waals surface area contributed by atoms with E-state index in [-0.39, 0.29) is 24.7 Å². The van der Waals surface area contributed by atoms with Crippen molar-refractivity contribution < 1.29 is 13.6 Å². The SMILES string of the molecule is NSc1cc(NC(=O)C2CC(F)(F)CCC2C2CCCCCCC2)ccn1. The number of alkyl halides is 2. The van der Waals surface area contributed by atoms with Crippen LogP contribution < -0.4 is 10.5 Å². The fraction of sp³-hybridized carbons (Fsp3) is 0.700. The van der Waals surface area contributed by atoms with Gasteiger partial charge in [-0.1, -0.05) is 44.9 Å². The van der Waals surface area contributed by atoms with Gasteiger partial charge in [0.2, 0.25) is 11.8 Å². The average Bonchev–Trinajstić information content (AvgIpc) is 2.61. The van der Waals surface area contributed by atoms with E-state index >= 15 is 0 Å². The molecule has 3 rings (SSSR count). The lowest BCUT2D eigenvalue weighted by atomic mass is 9.67. The number of carbonyl (C=O) groups is 1. The maximum absolute atomic E-state index is 14.1. The molecule has 0 aromatic carbocycles. The van der Waals surface area contributed by atoms with Crippen LogP contribution >= 0.6 is 11.9 Å². The molecular formula is C20H29F2N3OS. The standard InChI is InChI=1S/C20H29F2N3OS/c21-20(22)10-8-16(14-6-4-2-1-3-5-7-14)17(13-20)19(26)25-15-9-11-24-18(12-15)27-23/h9,11-12,14,16-17H,1-8,10,13,23H2,(H,24,25,26). The number of nitrogens with one attached hydrogen (secondary N) is 1. The van der Waals surface area contributed by atoms with Crippen LogP contribution in [0.3, 0.4) is 0 Å². The summed E-state index contributed by atoms with van der Waals surface area (Å²) in [6.07, 6.45) is 9.67. The van der Waals surface area contributed by atoms with Gasteiger partial charge in [0, 0.05) is 30.6 Å². The predicted molar refractivity (Wildman–Crippen MR) is 104 cm³/mol. The number of aromatic nitrogens is 1. The van der Waals surface area contributed by atoms with E-state index in [4.69, 9.17) is 5.14 Å². The van der Waals surface area contributed by atoms with Gasteiger partial charge in [-0.05, 0) is 42.3 Å². The zero-order chi connectivity index (χ0) is 19.3. The summed E-state index contributed by atoms with van der Waals surface area (Å²) in [6.45, 7) is 0. The van der Waals surface area contributed by atoms with Crippen molar-refractivity contribution in [3.63, 3.8) is 0 Å². The molecule has 0 saturated heterocycles. The highest BCUT2D eigenvalue weighted by Crippen LogP contribution is 2.46. The van der Waals surface area contributed by atoms with Gasteiger partial charge in [-0.25, -0.2) is 13.8 Å². The van der Waals surface area contributed by atoms with Crippen LogP contribution in [0.5, 0.6) is 0 Å². The molecule has 0 aliphatic heterocycles. The lowest BCUT2D eigenvalue weighted by Crippen LogP contribution is -2.42. The van der Waals surface area contributed by atoms with Gasteiger partial charge < -0.3 is 5.32 Å². The second-order valence-electron chi connectivity index (χ2n) is 7.96. The number of pyridine rings is 1. The Morgan fingerprint density at radius 1 is 1.19 bits per heavy atom. The Bertz CT molecular complexity index is 635. The van der Waals surface area contributed by atoms with Crippen LogP contribution in [0.15, 0.2) is 23.4 Å². The van der Waals surface area contributed by atoms with Crippen LogP contribution in [0.2, 0.25) is 0 Å². The summed E-state index contributed by atoms with van der Waals surface area (Å²) in [5.41, 5.74) is 0.563. The summed E-state index contributed by atoms with van der Waals surface area (Å²) in [7, 11) is 0. The van der Waals surface area contributed by atoms with Crippen molar-refractivity contribution in [1.82, 2.24) is 4.98 Å². The van der Waals surface area contributed by atoms with Crippen LogP contribution in [0.25, 0.3) is 0 Å². The third-order valence-electron chi connectivity index (χ3n) is 6.09. The molecule has 1 amide bonds. The lowest BCUT2D eigenvalue weighted by Gasteiger charge is -2.40. The first-order valence-corrected chi connectivity index (χ1v) is 10.9. The second kappa shape index (κ2) is 9.32. The quantitative estimate of drug-likeness (QED) is 0.668. The molecule has 2 saturated carbocycles. The third-order valence-corrected chi connectivity index (χ3v) is 6.56. The van der Waals surface area contributed by atoms with E-state index in [1.54, 1.807) is 18.3 Å². The van der Waals surface area contributed by atoms with E-state index in [0.29, 0.717) is 23.1 Å². The molecule has 27 heavy (non-hydrogen) atoms. The van der Waals surface area contributed by atoms with Crippen LogP contribution in [0.4, 0.5) is 14.5 Å². The van der Waals surface area contributed by atoms with Crippen molar-refractivity contribution in [3.8, 4) is 0 Å². The molecule has 0 bridgehead atoms. The number of halogens is 2. The second-order valence-corrected chi connectivity index (χ2v) is 8.62. The molecule has 7 heteroatoms. The number of rotatable bonds is 4. The van der Waals surface area contributed by atoms with Crippen molar-refractivity contribution in [2.45, 2.75) is 75.2 Å². The molecule has 0 radical (unpaired) electrons. The molecule has 2 fully saturated rings. The van der Waals surface area contributed by atoms with Crippen LogP contribution in [-0.4, -0.2) is 16.8 Å². The number of hydrogen-bond donors (Lipinski definition) is 2. The fourth-order valence-corrected chi connectivity index (χ4v) is 5.02. The van der Waals surface area contributed by atoms with Gasteiger partial charge in [0.1, 0.15) is 5.03 Å². The van der Waals surface area contributed by atoms with Gasteiger partial charge >= 0.3 is 0 Å². The third kappa shape index (κ3) is 5.64. The molecule has 2 aliphatic rings. The average molecular weight is 398 g/mol. The topological polar surface area (TPSA) is 68.0 Å². The first-order valence-electron chi connectivity index (χ1n) is 10.00. The number of nitrogens with zero attached hydrogens (tertiary/aromatic N) is 1. The number of hydrogen-bond acceptors (Lipinski definition) is 4. The Hall–Kier alpha value is -1.21. The Morgan fingerprint density at radius 2 is 1.89 bits per heavy atom. The van der Waals surface area contributed by atoms with E-state index in [1.807, 2.05) is 0 Å². The normalized spacial score (nSPS) is 26.8. The monoisotopic (exact) mass is 397 g/mol. The van der Waals surface area contributed by atoms with Crippen molar-refractivity contribution in [3.05, 3.63) is 18.3 Å². The summed E-state index contributed by atoms with van der Waals surface area (Å²) in [5, 5.41) is 8.94. The highest BCUT2D eigenvalue weighted by Gasteiger charge is 2.46. The number of carbonyl (C=O) groups excluding carboxylic acids is 1. The smallest absolute Gasteiger partial charge is 0.248 e. The van der Waals surface area contributed by atoms with E-state index < -0.39 is 11.8 Å². The molecule has 150 valence electrons.